The molecule has 15 heavy (non-hydrogen) atoms. The average Bonchev–Trinajstić information content (AvgIpc) is 2.19. The minimum atomic E-state index is -4.15. The molecule has 8 heteroatoms. The monoisotopic (exact) mass is 231 g/mol. The van der Waals surface area contributed by atoms with Gasteiger partial charge in [0.1, 0.15) is 0 Å². The van der Waals surface area contributed by atoms with Gasteiger partial charge in [-0.25, -0.2) is 4.79 Å². The summed E-state index contributed by atoms with van der Waals surface area (Å²) in [4.78, 5) is 10.5. The van der Waals surface area contributed by atoms with Gasteiger partial charge in [-0.2, -0.15) is 8.42 Å². The first-order chi connectivity index (χ1) is 7.00. The lowest BCUT2D eigenvalue weighted by Crippen LogP contribution is -2.48. The predicted molar refractivity (Wildman–Crippen MR) is 50.0 cm³/mol. The Balaban J connectivity index is 3.19. The highest BCUT2D eigenvalue weighted by atomic mass is 32.2. The first-order valence-corrected chi connectivity index (χ1v) is 5.23. The molecule has 0 saturated carbocycles. The maximum absolute atomic E-state index is 11.6. The predicted octanol–water partition coefficient (Wildman–Crippen LogP) is -0.350. The fourth-order valence-corrected chi connectivity index (χ4v) is 1.98. The molecule has 82 valence electrons. The van der Waals surface area contributed by atoms with E-state index in [2.05, 4.69) is 0 Å². The van der Waals surface area contributed by atoms with Gasteiger partial charge in [0.2, 0.25) is 0 Å². The van der Waals surface area contributed by atoms with E-state index in [4.69, 9.17) is 10.9 Å². The molecule has 0 bridgehead atoms. The third-order valence-corrected chi connectivity index (χ3v) is 3.18. The number of carbonyl (C=O) groups is 1. The van der Waals surface area contributed by atoms with Crippen LogP contribution in [0.4, 0.5) is 4.79 Å². The van der Waals surface area contributed by atoms with Crippen LogP contribution >= 0.6 is 0 Å². The van der Waals surface area contributed by atoms with Crippen LogP contribution < -0.4 is 11.3 Å². The van der Waals surface area contributed by atoms with Crippen LogP contribution in [0.5, 0.6) is 0 Å². The number of hydrogen-bond donors (Lipinski definition) is 3. The van der Waals surface area contributed by atoms with Gasteiger partial charge in [0.25, 0.3) is 10.0 Å². The number of urea groups is 1. The number of primary amides is 1. The van der Waals surface area contributed by atoms with Gasteiger partial charge in [-0.05, 0) is 12.1 Å². The highest BCUT2D eigenvalue weighted by Crippen LogP contribution is 2.12. The van der Waals surface area contributed by atoms with Gasteiger partial charge in [0, 0.05) is 0 Å². The van der Waals surface area contributed by atoms with Crippen molar-refractivity contribution in [1.29, 1.82) is 0 Å². The number of hydrazine groups is 1. The molecular weight excluding hydrogens is 222 g/mol. The van der Waals surface area contributed by atoms with E-state index in [1.54, 1.807) is 6.07 Å². The molecule has 0 unspecified atom stereocenters. The Kier molecular flexibility index (Phi) is 3.24. The molecule has 0 atom stereocenters. The number of hydrogen-bond acceptors (Lipinski definition) is 5. The van der Waals surface area contributed by atoms with E-state index >= 15 is 0 Å². The minimum Gasteiger partial charge on any atom is -0.349 e. The standard InChI is InChI=1S/C7H9N3O4S/c8-7(11)10(9-12)15(13,14)6-4-2-1-3-5-6/h1-5,9,12H,(H2,8,11). The van der Waals surface area contributed by atoms with Crippen LogP contribution in [0.25, 0.3) is 0 Å². The maximum atomic E-state index is 11.6. The van der Waals surface area contributed by atoms with Crippen molar-refractivity contribution in [3.05, 3.63) is 30.3 Å². The van der Waals surface area contributed by atoms with E-state index in [0.29, 0.717) is 0 Å². The molecule has 4 N–H and O–H groups in total. The normalized spacial score (nSPS) is 11.0. The molecule has 1 aromatic rings. The van der Waals surface area contributed by atoms with E-state index < -0.39 is 16.1 Å². The van der Waals surface area contributed by atoms with Crippen LogP contribution in [0.3, 0.4) is 0 Å². The van der Waals surface area contributed by atoms with Gasteiger partial charge >= 0.3 is 6.03 Å². The fraction of sp³-hybridized carbons (Fsp3) is 0. The van der Waals surface area contributed by atoms with E-state index in [-0.39, 0.29) is 9.31 Å². The third kappa shape index (κ3) is 2.24. The molecule has 1 rings (SSSR count). The van der Waals surface area contributed by atoms with Gasteiger partial charge in [0.05, 0.1) is 4.90 Å². The number of benzene rings is 1. The van der Waals surface area contributed by atoms with Crippen molar-refractivity contribution < 1.29 is 18.4 Å². The molecule has 0 radical (unpaired) electrons. The van der Waals surface area contributed by atoms with Gasteiger partial charge in [-0.3, -0.25) is 5.21 Å². The zero-order valence-corrected chi connectivity index (χ0v) is 8.31. The van der Waals surface area contributed by atoms with Crippen LogP contribution in [0, 0.1) is 0 Å². The third-order valence-electron chi connectivity index (χ3n) is 1.57. The number of sulfonamides is 1. The summed E-state index contributed by atoms with van der Waals surface area (Å²) in [7, 11) is -4.15. The van der Waals surface area contributed by atoms with E-state index in [1.165, 1.54) is 29.9 Å². The second kappa shape index (κ2) is 4.26. The Morgan fingerprint density at radius 3 is 2.27 bits per heavy atom. The van der Waals surface area contributed by atoms with Crippen LogP contribution in [-0.4, -0.2) is 24.1 Å². The van der Waals surface area contributed by atoms with Crippen LogP contribution in [0.1, 0.15) is 0 Å². The first kappa shape index (κ1) is 11.4. The summed E-state index contributed by atoms with van der Waals surface area (Å²) in [6, 6.07) is 5.76. The molecule has 0 aliphatic heterocycles. The number of nitrogens with zero attached hydrogens (tertiary/aromatic N) is 1. The zero-order valence-electron chi connectivity index (χ0n) is 7.49. The summed E-state index contributed by atoms with van der Waals surface area (Å²) >= 11 is 0. The van der Waals surface area contributed by atoms with Crippen molar-refractivity contribution in [2.75, 3.05) is 0 Å². The van der Waals surface area contributed by atoms with E-state index in [9.17, 15) is 13.2 Å². The zero-order chi connectivity index (χ0) is 11.5. The quantitative estimate of drug-likeness (QED) is 0.615. The Labute approximate surface area is 86.1 Å². The van der Waals surface area contributed by atoms with Crippen LogP contribution in [0.15, 0.2) is 35.2 Å². The average molecular weight is 231 g/mol. The number of rotatable bonds is 3. The Morgan fingerprint density at radius 1 is 1.33 bits per heavy atom. The van der Waals surface area contributed by atoms with Crippen molar-refractivity contribution >= 4 is 16.1 Å². The Bertz CT molecular complexity index is 445. The molecule has 0 aliphatic rings. The first-order valence-electron chi connectivity index (χ1n) is 3.79. The van der Waals surface area contributed by atoms with Gasteiger partial charge in [-0.1, -0.05) is 23.8 Å². The smallest absolute Gasteiger partial charge is 0.345 e. The SMILES string of the molecule is NC(=O)N(NO)S(=O)(=O)c1ccccc1. The largest absolute Gasteiger partial charge is 0.349 e. The molecule has 0 saturated heterocycles. The molecule has 0 heterocycles. The van der Waals surface area contributed by atoms with Gasteiger partial charge in [0.15, 0.2) is 0 Å². The second-order valence-electron chi connectivity index (χ2n) is 2.52. The summed E-state index contributed by atoms with van der Waals surface area (Å²) < 4.78 is 23.1. The summed E-state index contributed by atoms with van der Waals surface area (Å²) in [5.41, 5.74) is 5.97. The number of nitrogens with one attached hydrogen (secondary N) is 1. The minimum absolute atomic E-state index is 0.0671. The lowest BCUT2D eigenvalue weighted by atomic mass is 10.4. The van der Waals surface area contributed by atoms with Crippen molar-refractivity contribution in [1.82, 2.24) is 10.0 Å². The van der Waals surface area contributed by atoms with Crippen molar-refractivity contribution in [3.8, 4) is 0 Å². The fourth-order valence-electron chi connectivity index (χ4n) is 0.919. The van der Waals surface area contributed by atoms with E-state index in [0.717, 1.165) is 0 Å². The number of nitrogens with two attached hydrogens (primary N) is 1. The molecule has 0 spiro atoms. The lowest BCUT2D eigenvalue weighted by Gasteiger charge is -2.16. The Morgan fingerprint density at radius 2 is 1.87 bits per heavy atom. The lowest BCUT2D eigenvalue weighted by molar-refractivity contribution is 0.0637. The topological polar surface area (TPSA) is 113 Å². The summed E-state index contributed by atoms with van der Waals surface area (Å²) in [6.45, 7) is 0. The van der Waals surface area contributed by atoms with Crippen molar-refractivity contribution in [3.63, 3.8) is 0 Å². The summed E-state index contributed by atoms with van der Waals surface area (Å²) in [6.07, 6.45) is 0. The number of carbonyl (C=O) groups excluding carboxylic acids is 1. The molecule has 0 aliphatic carbocycles. The van der Waals surface area contributed by atoms with Crippen molar-refractivity contribution in [2.45, 2.75) is 4.90 Å². The Hall–Kier alpha value is -1.64. The van der Waals surface area contributed by atoms with E-state index in [1.807, 2.05) is 0 Å². The highest BCUT2D eigenvalue weighted by molar-refractivity contribution is 7.89. The molecule has 7 nitrogen and oxygen atoms in total. The number of amides is 2. The van der Waals surface area contributed by atoms with Gasteiger partial charge in [-0.15, -0.1) is 4.41 Å². The highest BCUT2D eigenvalue weighted by Gasteiger charge is 2.27. The molecule has 1 aromatic carbocycles. The molecule has 2 amide bonds. The maximum Gasteiger partial charge on any atom is 0.345 e. The van der Waals surface area contributed by atoms with Crippen LogP contribution in [-0.2, 0) is 10.0 Å². The summed E-state index contributed by atoms with van der Waals surface area (Å²) in [5.74, 6) is 0. The summed E-state index contributed by atoms with van der Waals surface area (Å²) in [5, 5.41) is 8.49. The van der Waals surface area contributed by atoms with Gasteiger partial charge < -0.3 is 5.73 Å². The molecular formula is C7H9N3O4S. The molecule has 0 aromatic heterocycles. The van der Waals surface area contributed by atoms with Crippen molar-refractivity contribution in [2.24, 2.45) is 5.73 Å². The second-order valence-corrected chi connectivity index (χ2v) is 4.31. The molecule has 0 fully saturated rings. The van der Waals surface area contributed by atoms with Crippen LogP contribution in [0.2, 0.25) is 0 Å².